The fourth-order valence-corrected chi connectivity index (χ4v) is 3.61. The second kappa shape index (κ2) is 15.7. The Kier molecular flexibility index (Phi) is 12.7. The molecule has 2 aromatic rings. The van der Waals surface area contributed by atoms with Gasteiger partial charge in [0.25, 0.3) is 0 Å². The lowest BCUT2D eigenvalue weighted by Crippen LogP contribution is -2.30. The first-order valence-electron chi connectivity index (χ1n) is 12.6. The lowest BCUT2D eigenvalue weighted by molar-refractivity contribution is -0.159. The maximum atomic E-state index is 11.7. The molecule has 0 spiro atoms. The van der Waals surface area contributed by atoms with Crippen LogP contribution < -0.4 is 9.47 Å². The van der Waals surface area contributed by atoms with Crippen molar-refractivity contribution in [2.45, 2.75) is 50.7 Å². The molecule has 2 rings (SSSR count). The van der Waals surface area contributed by atoms with Crippen LogP contribution in [-0.4, -0.2) is 55.8 Å². The SMILES string of the molecule is [CH2+]CC(=O)OCC(COc1ccc(C(C)(C)c2ccc(OCC(CCl)OC(=O)C[CH2+])cc2)cc1)OC(=O)C[CH2+]. The van der Waals surface area contributed by atoms with E-state index in [4.69, 9.17) is 35.3 Å². The van der Waals surface area contributed by atoms with Gasteiger partial charge >= 0.3 is 17.9 Å². The number of ether oxygens (including phenoxy) is 5. The van der Waals surface area contributed by atoms with E-state index in [1.807, 2.05) is 48.5 Å². The molecule has 2 aromatic carbocycles. The van der Waals surface area contributed by atoms with Crippen molar-refractivity contribution in [3.63, 3.8) is 0 Å². The van der Waals surface area contributed by atoms with Gasteiger partial charge in [0.15, 0.2) is 25.4 Å². The molecule has 0 aliphatic heterocycles. The van der Waals surface area contributed by atoms with E-state index >= 15 is 0 Å². The number of esters is 3. The Labute approximate surface area is 235 Å². The number of rotatable bonds is 16. The van der Waals surface area contributed by atoms with Crippen LogP contribution in [0.1, 0.15) is 44.2 Å². The van der Waals surface area contributed by atoms with Gasteiger partial charge in [-0.25, -0.2) is 14.4 Å². The summed E-state index contributed by atoms with van der Waals surface area (Å²) in [6, 6.07) is 15.3. The van der Waals surface area contributed by atoms with Crippen LogP contribution in [0.25, 0.3) is 0 Å². The van der Waals surface area contributed by atoms with Crippen molar-refractivity contribution in [2.75, 3.05) is 25.7 Å². The second-order valence-electron chi connectivity index (χ2n) is 9.11. The molecule has 0 amide bonds. The fraction of sp³-hybridized carbons (Fsp3) is 0.400. The standard InChI is InChI=1S/C30H36ClO8/c1-6-27(32)37-20-26(39-29(34)8-3)19-36-24-15-11-22(12-16-24)30(4,5)21-9-13-23(14-10-21)35-18-25(17-31)38-28(33)7-2/h9-16,25-26H,1-3,6-8,17-20H2,4-5H3/q+3. The first-order chi connectivity index (χ1) is 18.6. The zero-order chi connectivity index (χ0) is 28.8. The molecular formula is C30H36ClO8+3. The van der Waals surface area contributed by atoms with Gasteiger partial charge in [-0.1, -0.05) is 38.1 Å². The minimum absolute atomic E-state index is 0.0134. The lowest BCUT2D eigenvalue weighted by atomic mass is 9.78. The van der Waals surface area contributed by atoms with Crippen molar-refractivity contribution in [1.29, 1.82) is 0 Å². The summed E-state index contributed by atoms with van der Waals surface area (Å²) in [4.78, 5) is 34.5. The van der Waals surface area contributed by atoms with Gasteiger partial charge in [0, 0.05) is 5.41 Å². The number of alkyl halides is 1. The molecule has 0 aromatic heterocycles. The molecule has 0 aliphatic carbocycles. The summed E-state index contributed by atoms with van der Waals surface area (Å²) in [5.74, 6) is -0.0984. The molecule has 0 N–H and O–H groups in total. The third-order valence-electron chi connectivity index (χ3n) is 5.83. The number of hydrogen-bond donors (Lipinski definition) is 0. The predicted octanol–water partition coefficient (Wildman–Crippen LogP) is 5.05. The molecule has 0 saturated heterocycles. The minimum atomic E-state index is -0.762. The van der Waals surface area contributed by atoms with Crippen molar-refractivity contribution >= 4 is 29.5 Å². The highest BCUT2D eigenvalue weighted by molar-refractivity contribution is 6.18. The summed E-state index contributed by atoms with van der Waals surface area (Å²) in [5, 5.41) is 0. The Bertz CT molecular complexity index is 1050. The van der Waals surface area contributed by atoms with Crippen LogP contribution in [0.5, 0.6) is 11.5 Å². The number of carbonyl (C=O) groups is 3. The molecule has 208 valence electrons. The van der Waals surface area contributed by atoms with Crippen molar-refractivity contribution in [3.05, 3.63) is 80.4 Å². The Hall–Kier alpha value is -3.65. The van der Waals surface area contributed by atoms with Crippen LogP contribution in [0.2, 0.25) is 0 Å². The summed E-state index contributed by atoms with van der Waals surface area (Å²) in [6.45, 7) is 14.7. The molecule has 0 heterocycles. The highest BCUT2D eigenvalue weighted by Gasteiger charge is 2.24. The molecule has 0 bridgehead atoms. The maximum Gasteiger partial charge on any atom is 0.351 e. The lowest BCUT2D eigenvalue weighted by Gasteiger charge is -2.27. The molecule has 0 aliphatic rings. The average molecular weight is 560 g/mol. The zero-order valence-electron chi connectivity index (χ0n) is 22.5. The van der Waals surface area contributed by atoms with Crippen LogP contribution in [0.15, 0.2) is 48.5 Å². The molecule has 0 saturated carbocycles. The highest BCUT2D eigenvalue weighted by Crippen LogP contribution is 2.33. The number of carbonyl (C=O) groups excluding carboxylic acids is 3. The van der Waals surface area contributed by atoms with Crippen LogP contribution in [0, 0.1) is 20.8 Å². The van der Waals surface area contributed by atoms with Gasteiger partial charge in [-0.3, -0.25) is 0 Å². The van der Waals surface area contributed by atoms with E-state index in [2.05, 4.69) is 34.6 Å². The van der Waals surface area contributed by atoms with E-state index in [-0.39, 0.29) is 50.4 Å². The Morgan fingerprint density at radius 3 is 1.51 bits per heavy atom. The summed E-state index contributed by atoms with van der Waals surface area (Å²) < 4.78 is 27.0. The third kappa shape index (κ3) is 10.2. The maximum absolute atomic E-state index is 11.7. The summed E-state index contributed by atoms with van der Waals surface area (Å²) in [6.07, 6.45) is -1.34. The van der Waals surface area contributed by atoms with Crippen molar-refractivity contribution in [2.24, 2.45) is 0 Å². The van der Waals surface area contributed by atoms with Gasteiger partial charge < -0.3 is 23.7 Å². The topological polar surface area (TPSA) is 97.4 Å². The number of halogens is 1. The molecule has 0 radical (unpaired) electrons. The Morgan fingerprint density at radius 1 is 0.692 bits per heavy atom. The first kappa shape index (κ1) is 31.6. The molecule has 0 fully saturated rings. The van der Waals surface area contributed by atoms with E-state index in [1.165, 1.54) is 0 Å². The quantitative estimate of drug-likeness (QED) is 0.122. The second-order valence-corrected chi connectivity index (χ2v) is 9.42. The van der Waals surface area contributed by atoms with Gasteiger partial charge in [-0.05, 0) is 35.4 Å². The van der Waals surface area contributed by atoms with Crippen molar-refractivity contribution in [1.82, 2.24) is 0 Å². The molecule has 2 atom stereocenters. The minimum Gasteiger partial charge on any atom is -0.490 e. The Morgan fingerprint density at radius 2 is 1.10 bits per heavy atom. The highest BCUT2D eigenvalue weighted by atomic mass is 35.5. The van der Waals surface area contributed by atoms with Gasteiger partial charge in [-0.15, -0.1) is 11.6 Å². The summed E-state index contributed by atoms with van der Waals surface area (Å²) in [5.41, 5.74) is 1.79. The fourth-order valence-electron chi connectivity index (χ4n) is 3.45. The zero-order valence-corrected chi connectivity index (χ0v) is 23.2. The largest absolute Gasteiger partial charge is 0.490 e. The molecule has 39 heavy (non-hydrogen) atoms. The van der Waals surface area contributed by atoms with Gasteiger partial charge in [0.1, 0.15) is 37.4 Å². The van der Waals surface area contributed by atoms with Crippen LogP contribution in [0.4, 0.5) is 0 Å². The Balaban J connectivity index is 1.99. The predicted molar refractivity (Wildman–Crippen MR) is 147 cm³/mol. The molecule has 2 unspecified atom stereocenters. The molecular weight excluding hydrogens is 524 g/mol. The monoisotopic (exact) mass is 559 g/mol. The van der Waals surface area contributed by atoms with Crippen molar-refractivity contribution in [3.8, 4) is 11.5 Å². The van der Waals surface area contributed by atoms with Gasteiger partial charge in [0.2, 0.25) is 0 Å². The molecule has 9 heteroatoms. The third-order valence-corrected chi connectivity index (χ3v) is 6.18. The smallest absolute Gasteiger partial charge is 0.351 e. The number of hydrogen-bond acceptors (Lipinski definition) is 8. The van der Waals surface area contributed by atoms with Crippen LogP contribution in [0.3, 0.4) is 0 Å². The van der Waals surface area contributed by atoms with E-state index in [0.29, 0.717) is 11.5 Å². The van der Waals surface area contributed by atoms with Crippen LogP contribution >= 0.6 is 11.6 Å². The van der Waals surface area contributed by atoms with Gasteiger partial charge in [0.05, 0.1) is 26.7 Å². The summed E-state index contributed by atoms with van der Waals surface area (Å²) in [7, 11) is 0. The average Bonchev–Trinajstić information content (AvgIpc) is 2.96. The van der Waals surface area contributed by atoms with E-state index in [1.54, 1.807) is 0 Å². The van der Waals surface area contributed by atoms with Gasteiger partial charge in [-0.2, -0.15) is 0 Å². The number of benzene rings is 2. The van der Waals surface area contributed by atoms with E-state index in [0.717, 1.165) is 11.1 Å². The normalized spacial score (nSPS) is 12.6. The summed E-state index contributed by atoms with van der Waals surface area (Å²) >= 11 is 5.86. The van der Waals surface area contributed by atoms with Crippen molar-refractivity contribution < 1.29 is 38.1 Å². The molecule has 8 nitrogen and oxygen atoms in total. The van der Waals surface area contributed by atoms with E-state index < -0.39 is 30.1 Å². The first-order valence-corrected chi connectivity index (χ1v) is 13.1. The van der Waals surface area contributed by atoms with Crippen LogP contribution in [-0.2, 0) is 34.0 Å². The van der Waals surface area contributed by atoms with E-state index in [9.17, 15) is 14.4 Å².